The zero-order valence-corrected chi connectivity index (χ0v) is 41.1. The van der Waals surface area contributed by atoms with E-state index in [9.17, 15) is 0 Å². The van der Waals surface area contributed by atoms with Crippen molar-refractivity contribution in [2.24, 2.45) is 0 Å². The van der Waals surface area contributed by atoms with Crippen molar-refractivity contribution in [1.82, 2.24) is 0 Å². The minimum absolute atomic E-state index is 0.642. The summed E-state index contributed by atoms with van der Waals surface area (Å²) in [5.74, 6) is 0. The van der Waals surface area contributed by atoms with E-state index in [1.165, 1.54) is 55.6 Å². The summed E-state index contributed by atoms with van der Waals surface area (Å²) in [4.78, 5) is 2.48. The molecule has 14 rings (SSSR count). The number of para-hydroxylation sites is 2. The lowest BCUT2D eigenvalue weighted by atomic mass is 9.67. The van der Waals surface area contributed by atoms with Gasteiger partial charge in [-0.2, -0.15) is 0 Å². The number of benzene rings is 12. The molecule has 0 bridgehead atoms. The SMILES string of the molecule is c1ccc(-c2ccc(-c3ccc(-c4ccccc4)cc3N(c3ccc(-c4cccc5c4oc4ccccc45)cc3)c3ccc4c(c3)C(c3ccccc3)(c3ccccc3)c3cc(-c5ccccc5)ccc3-4)cc2)cc1. The Bertz CT molecular complexity index is 4140. The summed E-state index contributed by atoms with van der Waals surface area (Å²) in [6.45, 7) is 0. The molecule has 0 spiro atoms. The number of hydrogen-bond acceptors (Lipinski definition) is 2. The van der Waals surface area contributed by atoms with Crippen molar-refractivity contribution in [3.8, 4) is 66.8 Å². The maximum atomic E-state index is 6.59. The Kier molecular flexibility index (Phi) is 10.8. The Morgan fingerprint density at radius 1 is 0.267 bits per heavy atom. The van der Waals surface area contributed by atoms with Crippen molar-refractivity contribution < 1.29 is 4.42 Å². The van der Waals surface area contributed by atoms with Crippen molar-refractivity contribution >= 4 is 39.0 Å². The second-order valence-electron chi connectivity index (χ2n) is 19.5. The predicted molar refractivity (Wildman–Crippen MR) is 313 cm³/mol. The van der Waals surface area contributed by atoms with Crippen LogP contribution in [0.1, 0.15) is 22.3 Å². The number of rotatable bonds is 10. The summed E-state index contributed by atoms with van der Waals surface area (Å²) in [6, 6.07) is 109. The first-order valence-corrected chi connectivity index (χ1v) is 25.8. The average Bonchev–Trinajstić information content (AvgIpc) is 4.04. The van der Waals surface area contributed by atoms with E-state index in [1.54, 1.807) is 0 Å². The van der Waals surface area contributed by atoms with Gasteiger partial charge in [-0.05, 0) is 120 Å². The molecule has 0 amide bonds. The molecule has 12 aromatic carbocycles. The first-order chi connectivity index (χ1) is 37.2. The Hall–Kier alpha value is -9.76. The van der Waals surface area contributed by atoms with E-state index in [0.29, 0.717) is 0 Å². The van der Waals surface area contributed by atoms with Gasteiger partial charge < -0.3 is 9.32 Å². The lowest BCUT2D eigenvalue weighted by Gasteiger charge is -2.35. The first kappa shape index (κ1) is 44.0. The number of nitrogens with zero attached hydrogens (tertiary/aromatic N) is 1. The molecule has 352 valence electrons. The van der Waals surface area contributed by atoms with Crippen LogP contribution >= 0.6 is 0 Å². The lowest BCUT2D eigenvalue weighted by molar-refractivity contribution is 0.670. The first-order valence-electron chi connectivity index (χ1n) is 25.8. The van der Waals surface area contributed by atoms with Gasteiger partial charge in [0, 0.05) is 33.3 Å². The fraction of sp³-hybridized carbons (Fsp3) is 0.0137. The molecule has 75 heavy (non-hydrogen) atoms. The van der Waals surface area contributed by atoms with Gasteiger partial charge >= 0.3 is 0 Å². The summed E-state index contributed by atoms with van der Waals surface area (Å²) >= 11 is 0. The van der Waals surface area contributed by atoms with Gasteiger partial charge in [0.25, 0.3) is 0 Å². The van der Waals surface area contributed by atoms with Gasteiger partial charge in [-0.1, -0.05) is 255 Å². The normalized spacial score (nSPS) is 12.4. The van der Waals surface area contributed by atoms with Crippen LogP contribution in [-0.2, 0) is 5.41 Å². The van der Waals surface area contributed by atoms with E-state index in [0.717, 1.165) is 72.4 Å². The molecule has 0 radical (unpaired) electrons. The second-order valence-corrected chi connectivity index (χ2v) is 19.5. The highest BCUT2D eigenvalue weighted by Gasteiger charge is 2.46. The Labute approximate surface area is 437 Å². The van der Waals surface area contributed by atoms with E-state index < -0.39 is 5.41 Å². The zero-order chi connectivity index (χ0) is 49.7. The van der Waals surface area contributed by atoms with Gasteiger partial charge in [0.15, 0.2) is 0 Å². The Morgan fingerprint density at radius 2 is 0.693 bits per heavy atom. The fourth-order valence-electron chi connectivity index (χ4n) is 11.9. The van der Waals surface area contributed by atoms with Gasteiger partial charge in [-0.3, -0.25) is 0 Å². The summed E-state index contributed by atoms with van der Waals surface area (Å²) in [7, 11) is 0. The summed E-state index contributed by atoms with van der Waals surface area (Å²) in [5.41, 5.74) is 23.2. The molecule has 13 aromatic rings. The van der Waals surface area contributed by atoms with E-state index >= 15 is 0 Å². The van der Waals surface area contributed by atoms with E-state index in [1.807, 2.05) is 6.07 Å². The van der Waals surface area contributed by atoms with Crippen molar-refractivity contribution in [2.45, 2.75) is 5.41 Å². The van der Waals surface area contributed by atoms with Gasteiger partial charge in [-0.25, -0.2) is 0 Å². The second kappa shape index (κ2) is 18.4. The summed E-state index contributed by atoms with van der Waals surface area (Å²) < 4.78 is 6.59. The third-order valence-electron chi connectivity index (χ3n) is 15.4. The smallest absolute Gasteiger partial charge is 0.143 e. The van der Waals surface area contributed by atoms with Crippen LogP contribution in [0.5, 0.6) is 0 Å². The van der Waals surface area contributed by atoms with Crippen LogP contribution in [-0.4, -0.2) is 0 Å². The van der Waals surface area contributed by atoms with Gasteiger partial charge in [-0.15, -0.1) is 0 Å². The van der Waals surface area contributed by atoms with Gasteiger partial charge in [0.1, 0.15) is 11.2 Å². The lowest BCUT2D eigenvalue weighted by Crippen LogP contribution is -2.28. The molecule has 0 unspecified atom stereocenters. The van der Waals surface area contributed by atoms with Crippen LogP contribution in [0.15, 0.2) is 302 Å². The quantitative estimate of drug-likeness (QED) is 0.136. The number of hydrogen-bond donors (Lipinski definition) is 0. The Morgan fingerprint density at radius 3 is 1.32 bits per heavy atom. The minimum Gasteiger partial charge on any atom is -0.455 e. The fourth-order valence-corrected chi connectivity index (χ4v) is 11.9. The summed E-state index contributed by atoms with van der Waals surface area (Å²) in [5, 5.41) is 2.24. The standard InChI is InChI=1S/C73H49NO/c1-6-19-50(20-7-1)53-33-35-54(36-34-53)62-44-39-57(52-23-10-3-11-24-52)48-70(62)74(60-41-37-55(38-42-60)63-30-18-31-67-66-29-16-17-32-71(66)75-72(63)67)61-43-46-65-64-45-40-56(51-21-8-2-9-22-51)47-68(64)73(69(65)49-61,58-25-12-4-13-26-58)59-27-14-5-15-28-59/h1-49H. The molecule has 1 aliphatic rings. The van der Waals surface area contributed by atoms with Crippen LogP contribution in [0.4, 0.5) is 17.1 Å². The maximum absolute atomic E-state index is 6.59. The van der Waals surface area contributed by atoms with Gasteiger partial charge in [0.05, 0.1) is 11.1 Å². The highest BCUT2D eigenvalue weighted by molar-refractivity contribution is 6.09. The molecule has 0 aliphatic heterocycles. The molecule has 0 N–H and O–H groups in total. The average molecular weight is 956 g/mol. The number of anilines is 3. The van der Waals surface area contributed by atoms with Crippen LogP contribution in [0.2, 0.25) is 0 Å². The van der Waals surface area contributed by atoms with Crippen LogP contribution in [0, 0.1) is 0 Å². The molecule has 0 fully saturated rings. The van der Waals surface area contributed by atoms with E-state index in [-0.39, 0.29) is 0 Å². The topological polar surface area (TPSA) is 16.4 Å². The molecule has 2 nitrogen and oxygen atoms in total. The highest BCUT2D eigenvalue weighted by atomic mass is 16.3. The van der Waals surface area contributed by atoms with Crippen LogP contribution in [0.25, 0.3) is 88.7 Å². The van der Waals surface area contributed by atoms with E-state index in [2.05, 4.69) is 296 Å². The maximum Gasteiger partial charge on any atom is 0.143 e. The molecule has 1 aliphatic carbocycles. The third kappa shape index (κ3) is 7.49. The molecule has 2 heteroatoms. The third-order valence-corrected chi connectivity index (χ3v) is 15.4. The largest absolute Gasteiger partial charge is 0.455 e. The molecule has 0 atom stereocenters. The zero-order valence-electron chi connectivity index (χ0n) is 41.1. The van der Waals surface area contributed by atoms with Crippen molar-refractivity contribution in [1.29, 1.82) is 0 Å². The Balaban J connectivity index is 1.02. The molecular formula is C73H49NO. The van der Waals surface area contributed by atoms with Crippen LogP contribution < -0.4 is 4.90 Å². The number of furan rings is 1. The predicted octanol–water partition coefficient (Wildman–Crippen LogP) is 19.8. The highest BCUT2D eigenvalue weighted by Crippen LogP contribution is 2.58. The monoisotopic (exact) mass is 955 g/mol. The number of fused-ring (bicyclic) bond motifs is 6. The van der Waals surface area contributed by atoms with Crippen molar-refractivity contribution in [3.63, 3.8) is 0 Å². The van der Waals surface area contributed by atoms with Crippen molar-refractivity contribution in [2.75, 3.05) is 4.90 Å². The molecular weight excluding hydrogens is 907 g/mol. The molecule has 1 aromatic heterocycles. The van der Waals surface area contributed by atoms with Crippen molar-refractivity contribution in [3.05, 3.63) is 320 Å². The molecule has 1 heterocycles. The van der Waals surface area contributed by atoms with E-state index in [4.69, 9.17) is 4.42 Å². The summed E-state index contributed by atoms with van der Waals surface area (Å²) in [6.07, 6.45) is 0. The van der Waals surface area contributed by atoms with Crippen LogP contribution in [0.3, 0.4) is 0 Å². The minimum atomic E-state index is -0.642. The molecule has 0 saturated carbocycles. The van der Waals surface area contributed by atoms with Gasteiger partial charge in [0.2, 0.25) is 0 Å². The molecule has 0 saturated heterocycles.